The van der Waals surface area contributed by atoms with Crippen molar-refractivity contribution < 1.29 is 14.6 Å². The number of methoxy groups -OCH3 is 1. The Labute approximate surface area is 81.3 Å². The molecule has 0 unspecified atom stereocenters. The molecular weight excluding hydrogens is 182 g/mol. The molecule has 0 saturated carbocycles. The molecule has 0 aliphatic heterocycles. The highest BCUT2D eigenvalue weighted by Gasteiger charge is 1.96. The Balaban J connectivity index is 2.91. The molecule has 0 radical (unpaired) electrons. The molecular formula is C10H9NO3. The smallest absolute Gasteiger partial charge is 0.384 e. The number of benzene rings is 1. The van der Waals surface area contributed by atoms with Crippen molar-refractivity contribution >= 4 is 11.7 Å². The van der Waals surface area contributed by atoms with Crippen LogP contribution in [0.5, 0.6) is 5.75 Å². The Morgan fingerprint density at radius 2 is 2.29 bits per heavy atom. The van der Waals surface area contributed by atoms with Gasteiger partial charge < -0.3 is 15.6 Å². The maximum absolute atomic E-state index is 10.7. The number of phenolic OH excluding ortho intramolecular Hbond substituents is 1. The van der Waals surface area contributed by atoms with E-state index >= 15 is 0 Å². The van der Waals surface area contributed by atoms with Gasteiger partial charge in [0.25, 0.3) is 0 Å². The molecule has 3 N–H and O–H groups in total. The van der Waals surface area contributed by atoms with Gasteiger partial charge >= 0.3 is 5.97 Å². The first-order chi connectivity index (χ1) is 6.63. The zero-order valence-electron chi connectivity index (χ0n) is 7.57. The number of nitrogen functional groups attached to an aromatic ring is 1. The summed E-state index contributed by atoms with van der Waals surface area (Å²) >= 11 is 0. The highest BCUT2D eigenvalue weighted by Crippen LogP contribution is 2.19. The van der Waals surface area contributed by atoms with Gasteiger partial charge in [-0.25, -0.2) is 4.79 Å². The van der Waals surface area contributed by atoms with Crippen molar-refractivity contribution in [1.29, 1.82) is 0 Å². The van der Waals surface area contributed by atoms with Crippen molar-refractivity contribution in [3.05, 3.63) is 23.8 Å². The Hall–Kier alpha value is -2.15. The molecule has 4 heteroatoms. The molecule has 0 aliphatic carbocycles. The minimum Gasteiger partial charge on any atom is -0.506 e. The number of hydrogen-bond acceptors (Lipinski definition) is 4. The summed E-state index contributed by atoms with van der Waals surface area (Å²) in [6, 6.07) is 4.49. The van der Waals surface area contributed by atoms with E-state index in [1.165, 1.54) is 19.2 Å². The van der Waals surface area contributed by atoms with Crippen molar-refractivity contribution in [3.63, 3.8) is 0 Å². The summed E-state index contributed by atoms with van der Waals surface area (Å²) in [5, 5.41) is 9.21. The van der Waals surface area contributed by atoms with E-state index in [-0.39, 0.29) is 11.4 Å². The van der Waals surface area contributed by atoms with Crippen molar-refractivity contribution in [1.82, 2.24) is 0 Å². The lowest BCUT2D eigenvalue weighted by atomic mass is 10.2. The topological polar surface area (TPSA) is 72.5 Å². The normalized spacial score (nSPS) is 8.64. The molecule has 4 nitrogen and oxygen atoms in total. The molecule has 0 aliphatic rings. The van der Waals surface area contributed by atoms with E-state index in [9.17, 15) is 9.90 Å². The summed E-state index contributed by atoms with van der Waals surface area (Å²) in [5.74, 6) is 4.08. The second-order valence-electron chi connectivity index (χ2n) is 2.52. The quantitative estimate of drug-likeness (QED) is 0.271. The predicted molar refractivity (Wildman–Crippen MR) is 51.4 cm³/mol. The van der Waals surface area contributed by atoms with Crippen LogP contribution in [-0.2, 0) is 9.53 Å². The van der Waals surface area contributed by atoms with E-state index in [1.807, 2.05) is 0 Å². The number of rotatable bonds is 0. The van der Waals surface area contributed by atoms with Gasteiger partial charge in [0.2, 0.25) is 0 Å². The first kappa shape index (κ1) is 9.93. The van der Waals surface area contributed by atoms with E-state index in [0.29, 0.717) is 5.56 Å². The van der Waals surface area contributed by atoms with Crippen molar-refractivity contribution in [3.8, 4) is 17.6 Å². The Bertz CT molecular complexity index is 415. The molecule has 72 valence electrons. The first-order valence-corrected chi connectivity index (χ1v) is 3.82. The lowest BCUT2D eigenvalue weighted by Gasteiger charge is -1.97. The molecule has 0 saturated heterocycles. The molecule has 0 bridgehead atoms. The largest absolute Gasteiger partial charge is 0.506 e. The van der Waals surface area contributed by atoms with Crippen LogP contribution >= 0.6 is 0 Å². The lowest BCUT2D eigenvalue weighted by molar-refractivity contribution is -0.133. The third kappa shape index (κ3) is 2.42. The molecule has 14 heavy (non-hydrogen) atoms. The van der Waals surface area contributed by atoms with Crippen LogP contribution < -0.4 is 5.73 Å². The van der Waals surface area contributed by atoms with Crippen LogP contribution in [0.15, 0.2) is 18.2 Å². The van der Waals surface area contributed by atoms with Crippen LogP contribution in [-0.4, -0.2) is 18.2 Å². The number of phenols is 1. The van der Waals surface area contributed by atoms with E-state index < -0.39 is 5.97 Å². The molecule has 0 aromatic heterocycles. The summed E-state index contributed by atoms with van der Waals surface area (Å²) in [4.78, 5) is 10.7. The minimum atomic E-state index is -0.624. The predicted octanol–water partition coefficient (Wildman–Crippen LogP) is 0.499. The molecule has 1 aromatic carbocycles. The van der Waals surface area contributed by atoms with E-state index in [0.717, 1.165) is 0 Å². The zero-order chi connectivity index (χ0) is 10.6. The molecule has 0 atom stereocenters. The highest BCUT2D eigenvalue weighted by molar-refractivity contribution is 5.89. The molecule has 0 fully saturated rings. The number of carbonyl (C=O) groups is 1. The molecule has 1 aromatic rings. The minimum absolute atomic E-state index is 0.0540. The molecule has 0 heterocycles. The van der Waals surface area contributed by atoms with Gasteiger partial charge in [0.15, 0.2) is 0 Å². The third-order valence-corrected chi connectivity index (χ3v) is 1.52. The number of aromatic hydroxyl groups is 1. The number of nitrogens with two attached hydrogens (primary N) is 1. The zero-order valence-corrected chi connectivity index (χ0v) is 7.57. The van der Waals surface area contributed by atoms with Gasteiger partial charge in [-0.1, -0.05) is 5.92 Å². The summed E-state index contributed by atoms with van der Waals surface area (Å²) in [6.07, 6.45) is 0. The highest BCUT2D eigenvalue weighted by atomic mass is 16.5. The SMILES string of the molecule is COC(=O)C#Cc1ccc(N)c(O)c1. The van der Waals surface area contributed by atoms with Crippen LogP contribution in [0.2, 0.25) is 0 Å². The van der Waals surface area contributed by atoms with Crippen LogP contribution in [0.4, 0.5) is 5.69 Å². The lowest BCUT2D eigenvalue weighted by Crippen LogP contribution is -1.94. The number of ether oxygens (including phenoxy) is 1. The summed E-state index contributed by atoms with van der Waals surface area (Å²) in [5.41, 5.74) is 6.15. The third-order valence-electron chi connectivity index (χ3n) is 1.52. The molecule has 1 rings (SSSR count). The summed E-state index contributed by atoms with van der Waals surface area (Å²) in [7, 11) is 1.25. The fourth-order valence-corrected chi connectivity index (χ4v) is 0.796. The number of anilines is 1. The number of esters is 1. The average molecular weight is 191 g/mol. The van der Waals surface area contributed by atoms with Gasteiger partial charge in [0.1, 0.15) is 5.75 Å². The van der Waals surface area contributed by atoms with Gasteiger partial charge in [-0.2, -0.15) is 0 Å². The second kappa shape index (κ2) is 4.19. The van der Waals surface area contributed by atoms with E-state index in [1.54, 1.807) is 6.07 Å². The summed E-state index contributed by atoms with van der Waals surface area (Å²) < 4.78 is 4.33. The molecule has 0 amide bonds. The number of hydrogen-bond donors (Lipinski definition) is 2. The van der Waals surface area contributed by atoms with Crippen molar-refractivity contribution in [2.45, 2.75) is 0 Å². The Kier molecular flexibility index (Phi) is 2.97. The Morgan fingerprint density at radius 3 is 2.86 bits per heavy atom. The van der Waals surface area contributed by atoms with Gasteiger partial charge in [-0.15, -0.1) is 0 Å². The van der Waals surface area contributed by atoms with Crippen LogP contribution in [0.1, 0.15) is 5.56 Å². The number of carbonyl (C=O) groups excluding carboxylic acids is 1. The summed E-state index contributed by atoms with van der Waals surface area (Å²) in [6.45, 7) is 0. The van der Waals surface area contributed by atoms with E-state index in [2.05, 4.69) is 16.6 Å². The first-order valence-electron chi connectivity index (χ1n) is 3.82. The van der Waals surface area contributed by atoms with Gasteiger partial charge in [-0.05, 0) is 18.2 Å². The van der Waals surface area contributed by atoms with Crippen molar-refractivity contribution in [2.75, 3.05) is 12.8 Å². The van der Waals surface area contributed by atoms with Gasteiger partial charge in [-0.3, -0.25) is 0 Å². The van der Waals surface area contributed by atoms with Crippen LogP contribution in [0.3, 0.4) is 0 Å². The standard InChI is InChI=1S/C10H9NO3/c1-14-10(13)5-3-7-2-4-8(11)9(12)6-7/h2,4,6,12H,11H2,1H3. The maximum Gasteiger partial charge on any atom is 0.384 e. The second-order valence-corrected chi connectivity index (χ2v) is 2.52. The fraction of sp³-hybridized carbons (Fsp3) is 0.100. The van der Waals surface area contributed by atoms with Crippen molar-refractivity contribution in [2.24, 2.45) is 0 Å². The van der Waals surface area contributed by atoms with Gasteiger partial charge in [0.05, 0.1) is 12.8 Å². The average Bonchev–Trinajstić information content (AvgIpc) is 2.19. The van der Waals surface area contributed by atoms with E-state index in [4.69, 9.17) is 5.73 Å². The van der Waals surface area contributed by atoms with Crippen LogP contribution in [0, 0.1) is 11.8 Å². The van der Waals surface area contributed by atoms with Crippen LogP contribution in [0.25, 0.3) is 0 Å². The monoisotopic (exact) mass is 191 g/mol. The van der Waals surface area contributed by atoms with Gasteiger partial charge in [0, 0.05) is 11.5 Å². The fourth-order valence-electron chi connectivity index (χ4n) is 0.796. The Morgan fingerprint density at radius 1 is 1.57 bits per heavy atom. The molecule has 0 spiro atoms. The maximum atomic E-state index is 10.7.